The van der Waals surface area contributed by atoms with Crippen molar-refractivity contribution in [3.8, 4) is 0 Å². The third-order valence-corrected chi connectivity index (χ3v) is 6.16. The summed E-state index contributed by atoms with van der Waals surface area (Å²) in [7, 11) is 1.91. The highest BCUT2D eigenvalue weighted by molar-refractivity contribution is 7.09. The second kappa shape index (κ2) is 6.99. The van der Waals surface area contributed by atoms with Gasteiger partial charge in [0, 0.05) is 44.2 Å². The molecule has 1 spiro atoms. The number of aliphatic imine (C=N–C) groups is 1. The lowest BCUT2D eigenvalue weighted by atomic mass is 9.86. The second-order valence-corrected chi connectivity index (χ2v) is 7.78. The molecule has 1 saturated heterocycles. The molecule has 2 heterocycles. The predicted molar refractivity (Wildman–Crippen MR) is 93.6 cm³/mol. The van der Waals surface area contributed by atoms with Gasteiger partial charge in [-0.3, -0.25) is 4.99 Å². The molecule has 1 aliphatic carbocycles. The molecule has 1 N–H and O–H groups in total. The van der Waals surface area contributed by atoms with E-state index in [1.807, 2.05) is 7.05 Å². The lowest BCUT2D eigenvalue weighted by Gasteiger charge is -2.25. The maximum absolute atomic E-state index is 4.52. The molecule has 3 rings (SSSR count). The third-order valence-electron chi connectivity index (χ3n) is 5.13. The Hall–Kier alpha value is -1.10. The first-order chi connectivity index (χ1) is 10.7. The molecule has 1 aromatic heterocycles. The minimum Gasteiger partial charge on any atom is -0.356 e. The van der Waals surface area contributed by atoms with Crippen molar-refractivity contribution < 1.29 is 0 Å². The molecule has 0 bridgehead atoms. The molecule has 0 atom stereocenters. The number of rotatable bonds is 4. The van der Waals surface area contributed by atoms with Crippen molar-refractivity contribution in [1.82, 2.24) is 15.2 Å². The monoisotopic (exact) mass is 320 g/mol. The van der Waals surface area contributed by atoms with E-state index >= 15 is 0 Å². The molecular formula is C17H28N4S. The van der Waals surface area contributed by atoms with Crippen LogP contribution in [0.3, 0.4) is 0 Å². The van der Waals surface area contributed by atoms with E-state index in [1.165, 1.54) is 50.2 Å². The molecule has 0 aromatic carbocycles. The van der Waals surface area contributed by atoms with Crippen LogP contribution >= 0.6 is 11.3 Å². The van der Waals surface area contributed by atoms with Gasteiger partial charge in [0.25, 0.3) is 0 Å². The van der Waals surface area contributed by atoms with E-state index in [0.717, 1.165) is 31.0 Å². The molecule has 2 aliphatic rings. The van der Waals surface area contributed by atoms with Crippen molar-refractivity contribution in [2.24, 2.45) is 10.4 Å². The highest BCUT2D eigenvalue weighted by atomic mass is 32.1. The van der Waals surface area contributed by atoms with Crippen LogP contribution in [0.5, 0.6) is 0 Å². The Morgan fingerprint density at radius 2 is 2.23 bits per heavy atom. The van der Waals surface area contributed by atoms with Crippen molar-refractivity contribution >= 4 is 17.3 Å². The number of thiazole rings is 1. The summed E-state index contributed by atoms with van der Waals surface area (Å²) in [5.74, 6) is 1.10. The summed E-state index contributed by atoms with van der Waals surface area (Å²) in [5, 5.41) is 6.93. The third kappa shape index (κ3) is 3.62. The SMILES string of the molecule is CN=C(NCCCc1nc(C)cs1)N1CCC2(CCCC2)C1. The van der Waals surface area contributed by atoms with Gasteiger partial charge in [-0.05, 0) is 38.0 Å². The number of likely N-dealkylation sites (tertiary alicyclic amines) is 1. The maximum atomic E-state index is 4.52. The summed E-state index contributed by atoms with van der Waals surface area (Å²) in [6, 6.07) is 0. The van der Waals surface area contributed by atoms with Crippen LogP contribution in [0.15, 0.2) is 10.4 Å². The number of guanidine groups is 1. The molecule has 1 aromatic rings. The summed E-state index contributed by atoms with van der Waals surface area (Å²) in [4.78, 5) is 11.5. The normalized spacial score (nSPS) is 21.0. The Bertz CT molecular complexity index is 516. The minimum atomic E-state index is 0.607. The number of hydrogen-bond acceptors (Lipinski definition) is 3. The summed E-state index contributed by atoms with van der Waals surface area (Å²) >= 11 is 1.77. The van der Waals surface area contributed by atoms with Crippen molar-refractivity contribution in [2.75, 3.05) is 26.7 Å². The van der Waals surface area contributed by atoms with Gasteiger partial charge in [-0.1, -0.05) is 12.8 Å². The van der Waals surface area contributed by atoms with Gasteiger partial charge in [0.1, 0.15) is 0 Å². The minimum absolute atomic E-state index is 0.607. The van der Waals surface area contributed by atoms with Crippen LogP contribution in [-0.4, -0.2) is 42.5 Å². The van der Waals surface area contributed by atoms with Gasteiger partial charge in [0.15, 0.2) is 5.96 Å². The second-order valence-electron chi connectivity index (χ2n) is 6.84. The number of aromatic nitrogens is 1. The summed E-state index contributed by atoms with van der Waals surface area (Å²) in [5.41, 5.74) is 1.75. The smallest absolute Gasteiger partial charge is 0.193 e. The van der Waals surface area contributed by atoms with E-state index in [1.54, 1.807) is 11.3 Å². The summed E-state index contributed by atoms with van der Waals surface area (Å²) < 4.78 is 0. The van der Waals surface area contributed by atoms with Crippen LogP contribution in [0.25, 0.3) is 0 Å². The van der Waals surface area contributed by atoms with E-state index < -0.39 is 0 Å². The predicted octanol–water partition coefficient (Wildman–Crippen LogP) is 3.23. The van der Waals surface area contributed by atoms with E-state index in [0.29, 0.717) is 5.41 Å². The van der Waals surface area contributed by atoms with E-state index in [-0.39, 0.29) is 0 Å². The van der Waals surface area contributed by atoms with Crippen LogP contribution in [0.2, 0.25) is 0 Å². The van der Waals surface area contributed by atoms with Crippen LogP contribution in [0, 0.1) is 12.3 Å². The molecule has 0 unspecified atom stereocenters. The van der Waals surface area contributed by atoms with Crippen LogP contribution in [-0.2, 0) is 6.42 Å². The molecule has 4 nitrogen and oxygen atoms in total. The van der Waals surface area contributed by atoms with Crippen molar-refractivity contribution in [3.63, 3.8) is 0 Å². The van der Waals surface area contributed by atoms with Gasteiger partial charge in [0.05, 0.1) is 5.01 Å². The summed E-state index contributed by atoms with van der Waals surface area (Å²) in [6.45, 7) is 5.42. The average Bonchev–Trinajstić information content (AvgIpc) is 3.23. The van der Waals surface area contributed by atoms with E-state index in [9.17, 15) is 0 Å². The van der Waals surface area contributed by atoms with E-state index in [4.69, 9.17) is 0 Å². The number of nitrogens with zero attached hydrogens (tertiary/aromatic N) is 3. The first kappa shape index (κ1) is 15.8. The highest BCUT2D eigenvalue weighted by Gasteiger charge is 2.40. The summed E-state index contributed by atoms with van der Waals surface area (Å²) in [6.07, 6.45) is 9.22. The zero-order valence-corrected chi connectivity index (χ0v) is 14.7. The fourth-order valence-electron chi connectivity index (χ4n) is 3.94. The van der Waals surface area contributed by atoms with Gasteiger partial charge >= 0.3 is 0 Å². The molecule has 0 radical (unpaired) electrons. The first-order valence-corrected chi connectivity index (χ1v) is 9.45. The van der Waals surface area contributed by atoms with Crippen LogP contribution < -0.4 is 5.32 Å². The molecule has 22 heavy (non-hydrogen) atoms. The molecule has 1 aliphatic heterocycles. The largest absolute Gasteiger partial charge is 0.356 e. The Kier molecular flexibility index (Phi) is 5.01. The number of aryl methyl sites for hydroxylation is 2. The zero-order valence-electron chi connectivity index (χ0n) is 13.9. The lowest BCUT2D eigenvalue weighted by molar-refractivity contribution is 0.309. The quantitative estimate of drug-likeness (QED) is 0.526. The van der Waals surface area contributed by atoms with Gasteiger partial charge in [0.2, 0.25) is 0 Å². The Balaban J connectivity index is 1.42. The Morgan fingerprint density at radius 1 is 1.41 bits per heavy atom. The first-order valence-electron chi connectivity index (χ1n) is 8.57. The molecule has 1 saturated carbocycles. The fourth-order valence-corrected chi connectivity index (χ4v) is 4.76. The average molecular weight is 321 g/mol. The van der Waals surface area contributed by atoms with Gasteiger partial charge in [-0.15, -0.1) is 11.3 Å². The maximum Gasteiger partial charge on any atom is 0.193 e. The van der Waals surface area contributed by atoms with E-state index in [2.05, 4.69) is 32.5 Å². The Labute approximate surface area is 138 Å². The van der Waals surface area contributed by atoms with Crippen LogP contribution in [0.4, 0.5) is 0 Å². The topological polar surface area (TPSA) is 40.5 Å². The number of nitrogens with one attached hydrogen (secondary N) is 1. The van der Waals surface area contributed by atoms with Gasteiger partial charge < -0.3 is 10.2 Å². The van der Waals surface area contributed by atoms with Crippen molar-refractivity contribution in [3.05, 3.63) is 16.1 Å². The van der Waals surface area contributed by atoms with Gasteiger partial charge in [-0.25, -0.2) is 4.98 Å². The van der Waals surface area contributed by atoms with Crippen molar-refractivity contribution in [2.45, 2.75) is 51.9 Å². The number of hydrogen-bond donors (Lipinski definition) is 1. The Morgan fingerprint density at radius 3 is 2.91 bits per heavy atom. The van der Waals surface area contributed by atoms with Gasteiger partial charge in [-0.2, -0.15) is 0 Å². The molecule has 2 fully saturated rings. The molecule has 0 amide bonds. The zero-order chi connectivity index (χ0) is 15.4. The fraction of sp³-hybridized carbons (Fsp3) is 0.765. The lowest BCUT2D eigenvalue weighted by Crippen LogP contribution is -2.41. The molecule has 122 valence electrons. The molecule has 5 heteroatoms. The molecular weight excluding hydrogens is 292 g/mol. The van der Waals surface area contributed by atoms with Crippen LogP contribution in [0.1, 0.15) is 49.2 Å². The highest BCUT2D eigenvalue weighted by Crippen LogP contribution is 2.45. The standard InChI is InChI=1S/C17H28N4S/c1-14-12-22-15(20-14)6-5-10-19-16(18-2)21-11-9-17(13-21)7-3-4-8-17/h12H,3-11,13H2,1-2H3,(H,18,19). The van der Waals surface area contributed by atoms with Crippen molar-refractivity contribution in [1.29, 1.82) is 0 Å².